The molecule has 0 aliphatic carbocycles. The Kier molecular flexibility index (Phi) is 3.41. The molecule has 1 fully saturated rings. The Labute approximate surface area is 118 Å². The average molecular weight is 297 g/mol. The van der Waals surface area contributed by atoms with Crippen LogP contribution >= 0.6 is 0 Å². The molecular formula is C12H15N3O6. The van der Waals surface area contributed by atoms with E-state index < -0.39 is 36.8 Å². The van der Waals surface area contributed by atoms with Crippen molar-refractivity contribution >= 4 is 11.0 Å². The van der Waals surface area contributed by atoms with E-state index in [0.717, 1.165) is 0 Å². The van der Waals surface area contributed by atoms with Crippen LogP contribution in [0.4, 0.5) is 0 Å². The van der Waals surface area contributed by atoms with E-state index in [4.69, 9.17) is 14.6 Å². The number of aliphatic hydroxyl groups is 3. The van der Waals surface area contributed by atoms with E-state index in [9.17, 15) is 15.0 Å². The van der Waals surface area contributed by atoms with E-state index in [-0.39, 0.29) is 5.88 Å². The zero-order chi connectivity index (χ0) is 15.1. The largest absolute Gasteiger partial charge is 0.480 e. The van der Waals surface area contributed by atoms with Gasteiger partial charge in [0.15, 0.2) is 6.23 Å². The molecule has 0 spiro atoms. The summed E-state index contributed by atoms with van der Waals surface area (Å²) in [5.41, 5.74) is -0.257. The van der Waals surface area contributed by atoms with Crippen molar-refractivity contribution in [3.8, 4) is 5.88 Å². The van der Waals surface area contributed by atoms with Crippen molar-refractivity contribution in [2.75, 3.05) is 13.7 Å². The first-order valence-corrected chi connectivity index (χ1v) is 6.34. The molecule has 9 heteroatoms. The molecule has 1 aliphatic rings. The lowest BCUT2D eigenvalue weighted by Gasteiger charge is -2.17. The van der Waals surface area contributed by atoms with Crippen molar-refractivity contribution in [1.29, 1.82) is 0 Å². The highest BCUT2D eigenvalue weighted by molar-refractivity contribution is 5.81. The minimum atomic E-state index is -1.24. The average Bonchev–Trinajstić information content (AvgIpc) is 3.01. The second kappa shape index (κ2) is 5.11. The zero-order valence-corrected chi connectivity index (χ0v) is 11.1. The number of H-pyrrole nitrogens is 1. The number of nitrogens with zero attached hydrogens (tertiary/aromatic N) is 2. The molecule has 3 heterocycles. The molecule has 0 saturated carbocycles. The molecule has 1 saturated heterocycles. The molecule has 0 radical (unpaired) electrons. The molecular weight excluding hydrogens is 282 g/mol. The molecule has 0 amide bonds. The van der Waals surface area contributed by atoms with Gasteiger partial charge in [-0.1, -0.05) is 0 Å². The van der Waals surface area contributed by atoms with E-state index in [0.29, 0.717) is 11.0 Å². The van der Waals surface area contributed by atoms with Crippen LogP contribution in [0.15, 0.2) is 17.1 Å². The number of aliphatic hydroxyl groups excluding tert-OH is 3. The summed E-state index contributed by atoms with van der Waals surface area (Å²) in [6.45, 7) is -0.421. The fourth-order valence-corrected chi connectivity index (χ4v) is 2.51. The molecule has 9 nitrogen and oxygen atoms in total. The number of aromatic nitrogens is 3. The Morgan fingerprint density at radius 3 is 2.86 bits per heavy atom. The van der Waals surface area contributed by atoms with Gasteiger partial charge in [0.1, 0.15) is 24.0 Å². The number of ether oxygens (including phenoxy) is 2. The second-order valence-electron chi connectivity index (χ2n) is 4.77. The monoisotopic (exact) mass is 297 g/mol. The third-order valence-electron chi connectivity index (χ3n) is 3.56. The summed E-state index contributed by atoms with van der Waals surface area (Å²) in [5.74, 6) is 0.152. The molecule has 1 aliphatic heterocycles. The zero-order valence-electron chi connectivity index (χ0n) is 11.1. The van der Waals surface area contributed by atoms with Gasteiger partial charge in [-0.2, -0.15) is 4.98 Å². The van der Waals surface area contributed by atoms with Gasteiger partial charge in [-0.05, 0) is 6.07 Å². The quantitative estimate of drug-likeness (QED) is 0.533. The maximum absolute atomic E-state index is 11.5. The van der Waals surface area contributed by atoms with Gasteiger partial charge in [0.2, 0.25) is 5.88 Å². The van der Waals surface area contributed by atoms with Crippen molar-refractivity contribution in [2.24, 2.45) is 0 Å². The normalized spacial score (nSPS) is 29.1. The molecule has 114 valence electrons. The minimum Gasteiger partial charge on any atom is -0.480 e. The van der Waals surface area contributed by atoms with Gasteiger partial charge in [0, 0.05) is 6.20 Å². The highest BCUT2D eigenvalue weighted by Crippen LogP contribution is 2.32. The van der Waals surface area contributed by atoms with E-state index in [1.807, 2.05) is 0 Å². The molecule has 0 bridgehead atoms. The molecule has 0 unspecified atom stereocenters. The van der Waals surface area contributed by atoms with Crippen molar-refractivity contribution in [1.82, 2.24) is 14.5 Å². The van der Waals surface area contributed by atoms with Crippen molar-refractivity contribution in [3.05, 3.63) is 22.7 Å². The van der Waals surface area contributed by atoms with Gasteiger partial charge >= 0.3 is 5.69 Å². The van der Waals surface area contributed by atoms with Crippen LogP contribution in [0.3, 0.4) is 0 Å². The summed E-state index contributed by atoms with van der Waals surface area (Å²) < 4.78 is 11.9. The first-order valence-electron chi connectivity index (χ1n) is 6.34. The predicted molar refractivity (Wildman–Crippen MR) is 69.9 cm³/mol. The Hall–Kier alpha value is -1.94. The van der Waals surface area contributed by atoms with Crippen molar-refractivity contribution < 1.29 is 24.8 Å². The van der Waals surface area contributed by atoms with Crippen LogP contribution in [-0.2, 0) is 4.74 Å². The highest BCUT2D eigenvalue weighted by Gasteiger charge is 2.43. The van der Waals surface area contributed by atoms with E-state index >= 15 is 0 Å². The predicted octanol–water partition coefficient (Wildman–Crippen LogP) is -1.66. The highest BCUT2D eigenvalue weighted by atomic mass is 16.6. The number of fused-ring (bicyclic) bond motifs is 1. The standard InChI is InChI=1S/C12H15N3O6/c1-20-10-5-2-3-15(9(5)13-12(19)14-10)11-8(18)7(17)6(4-16)21-11/h2-3,6-8,11,16-18H,4H2,1H3,(H,13,14,19)/t6-,7-,8-,11-/m1/s1. The second-order valence-corrected chi connectivity index (χ2v) is 4.77. The summed E-state index contributed by atoms with van der Waals surface area (Å²) in [4.78, 5) is 17.8. The smallest absolute Gasteiger partial charge is 0.349 e. The van der Waals surface area contributed by atoms with Crippen LogP contribution in [0.5, 0.6) is 5.88 Å². The third-order valence-corrected chi connectivity index (χ3v) is 3.56. The van der Waals surface area contributed by atoms with Crippen LogP contribution in [-0.4, -0.2) is 61.9 Å². The lowest BCUT2D eigenvalue weighted by atomic mass is 10.1. The van der Waals surface area contributed by atoms with E-state index in [1.165, 1.54) is 11.7 Å². The van der Waals surface area contributed by atoms with E-state index in [2.05, 4.69) is 9.97 Å². The van der Waals surface area contributed by atoms with Gasteiger partial charge in [0.05, 0.1) is 19.1 Å². The molecule has 3 rings (SSSR count). The first-order chi connectivity index (χ1) is 10.1. The molecule has 21 heavy (non-hydrogen) atoms. The summed E-state index contributed by atoms with van der Waals surface area (Å²) in [6, 6.07) is 1.64. The summed E-state index contributed by atoms with van der Waals surface area (Å²) >= 11 is 0. The number of rotatable bonds is 3. The molecule has 4 N–H and O–H groups in total. The van der Waals surface area contributed by atoms with Crippen LogP contribution in [0.2, 0.25) is 0 Å². The van der Waals surface area contributed by atoms with Crippen LogP contribution in [0.1, 0.15) is 6.23 Å². The van der Waals surface area contributed by atoms with Gasteiger partial charge in [-0.15, -0.1) is 0 Å². The topological polar surface area (TPSA) is 130 Å². The van der Waals surface area contributed by atoms with Gasteiger partial charge < -0.3 is 29.4 Å². The lowest BCUT2D eigenvalue weighted by molar-refractivity contribution is -0.0508. The molecule has 2 aromatic rings. The van der Waals surface area contributed by atoms with Crippen LogP contribution in [0.25, 0.3) is 11.0 Å². The van der Waals surface area contributed by atoms with Gasteiger partial charge in [-0.25, -0.2) is 4.79 Å². The summed E-state index contributed by atoms with van der Waals surface area (Å²) in [7, 11) is 1.39. The van der Waals surface area contributed by atoms with E-state index in [1.54, 1.807) is 12.3 Å². The lowest BCUT2D eigenvalue weighted by Crippen LogP contribution is -2.33. The molecule has 0 aromatic carbocycles. The summed E-state index contributed by atoms with van der Waals surface area (Å²) in [6.07, 6.45) is -2.70. The Balaban J connectivity index is 2.10. The number of nitrogens with one attached hydrogen (secondary N) is 1. The fraction of sp³-hybridized carbons (Fsp3) is 0.500. The maximum atomic E-state index is 11.5. The number of hydrogen-bond donors (Lipinski definition) is 4. The van der Waals surface area contributed by atoms with Gasteiger partial charge in [-0.3, -0.25) is 4.98 Å². The fourth-order valence-electron chi connectivity index (χ4n) is 2.51. The maximum Gasteiger partial charge on any atom is 0.349 e. The van der Waals surface area contributed by atoms with Crippen LogP contribution in [0, 0.1) is 0 Å². The van der Waals surface area contributed by atoms with Crippen molar-refractivity contribution in [2.45, 2.75) is 24.5 Å². The molecule has 2 aromatic heterocycles. The number of aromatic amines is 1. The van der Waals surface area contributed by atoms with Crippen LogP contribution < -0.4 is 10.4 Å². The van der Waals surface area contributed by atoms with Gasteiger partial charge in [0.25, 0.3) is 0 Å². The summed E-state index contributed by atoms with van der Waals surface area (Å²) in [5, 5.41) is 29.5. The SMILES string of the molecule is COc1nc(=O)[nH]c2c1ccn2[C@@H]1O[C@H](CO)[C@@H](O)[C@H]1O. The Bertz CT molecular complexity index is 711. The number of methoxy groups -OCH3 is 1. The Morgan fingerprint density at radius 1 is 1.48 bits per heavy atom. The first kappa shape index (κ1) is 14.0. The minimum absolute atomic E-state index is 0.152. The van der Waals surface area contributed by atoms with Crippen molar-refractivity contribution in [3.63, 3.8) is 0 Å². The molecule has 4 atom stereocenters. The Morgan fingerprint density at radius 2 is 2.24 bits per heavy atom. The number of hydrogen-bond acceptors (Lipinski definition) is 7. The third kappa shape index (κ3) is 2.10.